The Bertz CT molecular complexity index is 788. The van der Waals surface area contributed by atoms with E-state index in [0.29, 0.717) is 11.3 Å². The summed E-state index contributed by atoms with van der Waals surface area (Å²) in [6.45, 7) is 3.77. The third-order valence-electron chi connectivity index (χ3n) is 3.28. The quantitative estimate of drug-likeness (QED) is 0.625. The van der Waals surface area contributed by atoms with Crippen LogP contribution in [0.25, 0.3) is 11.0 Å². The summed E-state index contributed by atoms with van der Waals surface area (Å²) in [7, 11) is -3.15. The minimum atomic E-state index is -3.15. The molecule has 0 aliphatic rings. The zero-order chi connectivity index (χ0) is 14.4. The van der Waals surface area contributed by atoms with E-state index in [1.165, 1.54) is 6.26 Å². The zero-order valence-electron chi connectivity index (χ0n) is 10.9. The zero-order valence-corrected chi connectivity index (χ0v) is 14.7. The van der Waals surface area contributed by atoms with E-state index in [-0.39, 0.29) is 0 Å². The van der Waals surface area contributed by atoms with Crippen LogP contribution in [-0.2, 0) is 16.4 Å². The lowest BCUT2D eigenvalue weighted by atomic mass is 10.2. The number of aromatic nitrogens is 2. The molecule has 1 heterocycles. The molecule has 0 saturated heterocycles. The van der Waals surface area contributed by atoms with Gasteiger partial charge in [0.1, 0.15) is 0 Å². The molecule has 0 amide bonds. The van der Waals surface area contributed by atoms with E-state index >= 15 is 0 Å². The highest BCUT2D eigenvalue weighted by Gasteiger charge is 2.31. The van der Waals surface area contributed by atoms with Crippen LogP contribution in [0.4, 0.5) is 0 Å². The molecule has 0 radical (unpaired) electrons. The number of nitrogens with zero attached hydrogens (tertiary/aromatic N) is 1. The number of nitrogens with one attached hydrogen (secondary N) is 1. The first-order valence-corrected chi connectivity index (χ1v) is 9.07. The Morgan fingerprint density at radius 3 is 2.63 bits per heavy atom. The maximum absolute atomic E-state index is 11.8. The Morgan fingerprint density at radius 2 is 2.05 bits per heavy atom. The largest absolute Gasteiger partial charge is 0.331 e. The number of imidazole rings is 1. The summed E-state index contributed by atoms with van der Waals surface area (Å²) in [5.41, 5.74) is 1.86. The minimum absolute atomic E-state index is 0.339. The van der Waals surface area contributed by atoms with Gasteiger partial charge < -0.3 is 9.55 Å². The fourth-order valence-corrected chi connectivity index (χ4v) is 2.92. The third-order valence-corrected chi connectivity index (χ3v) is 6.41. The van der Waals surface area contributed by atoms with Crippen LogP contribution in [0, 0.1) is 8.34 Å². The maximum atomic E-state index is 11.8. The van der Waals surface area contributed by atoms with E-state index < -0.39 is 14.6 Å². The average Bonchev–Trinajstić information content (AvgIpc) is 2.52. The number of H-pyrrole nitrogens is 1. The lowest BCUT2D eigenvalue weighted by molar-refractivity contribution is 0.506. The van der Waals surface area contributed by atoms with E-state index in [1.54, 1.807) is 13.8 Å². The summed E-state index contributed by atoms with van der Waals surface area (Å²) in [5.74, 6) is 0. The van der Waals surface area contributed by atoms with Crippen LogP contribution < -0.4 is 0 Å². The molecular formula is C12H15IN2O2S2. The van der Waals surface area contributed by atoms with Crippen LogP contribution in [0.5, 0.6) is 0 Å². The first-order chi connectivity index (χ1) is 8.62. The van der Waals surface area contributed by atoms with Crippen molar-refractivity contribution in [2.45, 2.75) is 25.1 Å². The Hall–Kier alpha value is -0.410. The standard InChI is InChI=1S/C12H15IN2O2S2/c1-12(2,19(3,16)17)7-15-10-5-4-8(13)6-9(10)14-11(15)18/h4-6H,7H2,1-3H3,(H,14,18). The predicted octanol–water partition coefficient (Wildman–Crippen LogP) is 3.13. The van der Waals surface area contributed by atoms with Crippen LogP contribution in [0.1, 0.15) is 13.8 Å². The van der Waals surface area contributed by atoms with Crippen LogP contribution in [0.15, 0.2) is 18.2 Å². The highest BCUT2D eigenvalue weighted by molar-refractivity contribution is 14.1. The molecule has 1 N–H and O–H groups in total. The van der Waals surface area contributed by atoms with Crippen molar-refractivity contribution in [1.29, 1.82) is 0 Å². The van der Waals surface area contributed by atoms with Crippen molar-refractivity contribution in [2.24, 2.45) is 0 Å². The van der Waals surface area contributed by atoms with Crippen molar-refractivity contribution in [3.05, 3.63) is 26.5 Å². The molecule has 0 unspecified atom stereocenters. The predicted molar refractivity (Wildman–Crippen MR) is 88.8 cm³/mol. The van der Waals surface area contributed by atoms with Crippen molar-refractivity contribution in [3.63, 3.8) is 0 Å². The number of benzene rings is 1. The first-order valence-electron chi connectivity index (χ1n) is 5.69. The van der Waals surface area contributed by atoms with Crippen molar-refractivity contribution in [1.82, 2.24) is 9.55 Å². The van der Waals surface area contributed by atoms with Gasteiger partial charge in [-0.15, -0.1) is 0 Å². The number of fused-ring (bicyclic) bond motifs is 1. The van der Waals surface area contributed by atoms with Gasteiger partial charge in [0, 0.05) is 16.4 Å². The topological polar surface area (TPSA) is 54.9 Å². The Labute approximate surface area is 131 Å². The summed E-state index contributed by atoms with van der Waals surface area (Å²) in [6, 6.07) is 5.94. The third kappa shape index (κ3) is 2.87. The molecule has 7 heteroatoms. The van der Waals surface area contributed by atoms with E-state index in [2.05, 4.69) is 27.6 Å². The number of hydrogen-bond acceptors (Lipinski definition) is 3. The summed E-state index contributed by atoms with van der Waals surface area (Å²) in [6.07, 6.45) is 1.26. The number of aromatic amines is 1. The lowest BCUT2D eigenvalue weighted by Crippen LogP contribution is -2.35. The smallest absolute Gasteiger partial charge is 0.178 e. The molecule has 0 aliphatic carbocycles. The van der Waals surface area contributed by atoms with Crippen molar-refractivity contribution in [2.75, 3.05) is 6.26 Å². The van der Waals surface area contributed by atoms with E-state index in [0.717, 1.165) is 14.6 Å². The van der Waals surface area contributed by atoms with Gasteiger partial charge in [0.25, 0.3) is 0 Å². The van der Waals surface area contributed by atoms with Crippen LogP contribution >= 0.6 is 34.8 Å². The highest BCUT2D eigenvalue weighted by atomic mass is 127. The average molecular weight is 410 g/mol. The Morgan fingerprint density at radius 1 is 1.42 bits per heavy atom. The molecule has 19 heavy (non-hydrogen) atoms. The summed E-state index contributed by atoms with van der Waals surface area (Å²) in [5, 5.41) is 0. The highest BCUT2D eigenvalue weighted by Crippen LogP contribution is 2.23. The number of hydrogen-bond donors (Lipinski definition) is 1. The molecule has 0 spiro atoms. The molecule has 2 aromatic rings. The fraction of sp³-hybridized carbons (Fsp3) is 0.417. The molecule has 104 valence electrons. The summed E-state index contributed by atoms with van der Waals surface area (Å²) >= 11 is 7.53. The molecule has 0 bridgehead atoms. The monoisotopic (exact) mass is 410 g/mol. The Kier molecular flexibility index (Phi) is 3.83. The minimum Gasteiger partial charge on any atom is -0.331 e. The van der Waals surface area contributed by atoms with Gasteiger partial charge in [0.05, 0.1) is 15.8 Å². The first kappa shape index (κ1) is 15.0. The van der Waals surface area contributed by atoms with Gasteiger partial charge in [-0.2, -0.15) is 0 Å². The molecular weight excluding hydrogens is 395 g/mol. The summed E-state index contributed by atoms with van der Waals surface area (Å²) in [4.78, 5) is 3.12. The number of sulfone groups is 1. The Balaban J connectivity index is 2.59. The number of rotatable bonds is 3. The van der Waals surface area contributed by atoms with Crippen LogP contribution in [-0.4, -0.2) is 29.0 Å². The molecule has 1 aromatic carbocycles. The van der Waals surface area contributed by atoms with Crippen molar-refractivity contribution >= 4 is 55.7 Å². The summed E-state index contributed by atoms with van der Waals surface area (Å²) < 4.78 is 26.3. The van der Waals surface area contributed by atoms with Crippen molar-refractivity contribution < 1.29 is 8.42 Å². The molecule has 0 atom stereocenters. The van der Waals surface area contributed by atoms with Gasteiger partial charge >= 0.3 is 0 Å². The molecule has 4 nitrogen and oxygen atoms in total. The van der Waals surface area contributed by atoms with Crippen LogP contribution in [0.3, 0.4) is 0 Å². The van der Waals surface area contributed by atoms with Gasteiger partial charge in [0.2, 0.25) is 0 Å². The van der Waals surface area contributed by atoms with E-state index in [9.17, 15) is 8.42 Å². The molecule has 1 aromatic heterocycles. The maximum Gasteiger partial charge on any atom is 0.178 e. The normalized spacial score (nSPS) is 13.1. The van der Waals surface area contributed by atoms with Gasteiger partial charge in [-0.1, -0.05) is 0 Å². The van der Waals surface area contributed by atoms with Gasteiger partial charge in [0.15, 0.2) is 14.6 Å². The second-order valence-electron chi connectivity index (χ2n) is 5.21. The lowest BCUT2D eigenvalue weighted by Gasteiger charge is -2.23. The van der Waals surface area contributed by atoms with E-state index in [4.69, 9.17) is 12.2 Å². The van der Waals surface area contributed by atoms with Gasteiger partial charge in [-0.05, 0) is 66.9 Å². The molecule has 0 saturated carbocycles. The fourth-order valence-electron chi connectivity index (χ4n) is 1.79. The van der Waals surface area contributed by atoms with Crippen LogP contribution in [0.2, 0.25) is 0 Å². The van der Waals surface area contributed by atoms with Crippen molar-refractivity contribution in [3.8, 4) is 0 Å². The molecule has 0 fully saturated rings. The van der Waals surface area contributed by atoms with E-state index in [1.807, 2.05) is 22.8 Å². The van der Waals surface area contributed by atoms with Gasteiger partial charge in [-0.3, -0.25) is 0 Å². The number of halogens is 1. The molecule has 2 rings (SSSR count). The van der Waals surface area contributed by atoms with Gasteiger partial charge in [-0.25, -0.2) is 8.42 Å². The second-order valence-corrected chi connectivity index (χ2v) is 9.49. The second kappa shape index (κ2) is 4.85. The molecule has 0 aliphatic heterocycles. The SMILES string of the molecule is CC(C)(Cn1c(=S)[nH]c2cc(I)ccc21)S(C)(=O)=O.